The number of carbonyl (C=O) groups is 1. The van der Waals surface area contributed by atoms with E-state index >= 15 is 0 Å². The molecule has 3 rings (SSSR count). The molecule has 2 heterocycles. The summed E-state index contributed by atoms with van der Waals surface area (Å²) in [5, 5.41) is 4.11. The van der Waals surface area contributed by atoms with E-state index in [9.17, 15) is 13.2 Å². The van der Waals surface area contributed by atoms with Gasteiger partial charge in [0.2, 0.25) is 5.91 Å². The number of rotatable bonds is 4. The van der Waals surface area contributed by atoms with Gasteiger partial charge >= 0.3 is 0 Å². The molecule has 1 aliphatic rings. The van der Waals surface area contributed by atoms with E-state index in [0.29, 0.717) is 6.42 Å². The van der Waals surface area contributed by atoms with E-state index in [1.165, 1.54) is 4.90 Å². The van der Waals surface area contributed by atoms with E-state index in [4.69, 9.17) is 0 Å². The zero-order chi connectivity index (χ0) is 16.4. The fourth-order valence-corrected chi connectivity index (χ4v) is 4.60. The number of fused-ring (bicyclic) bond motifs is 1. The highest BCUT2D eigenvalue weighted by Crippen LogP contribution is 2.21. The minimum absolute atomic E-state index is 0.0606. The molecule has 0 spiro atoms. The molecule has 1 N–H and O–H groups in total. The van der Waals surface area contributed by atoms with E-state index in [0.717, 1.165) is 16.6 Å². The van der Waals surface area contributed by atoms with Crippen molar-refractivity contribution in [2.24, 2.45) is 0 Å². The number of para-hydroxylation sites is 1. The number of hydrogen-bond donors (Lipinski definition) is 1. The first-order valence-corrected chi connectivity index (χ1v) is 9.32. The summed E-state index contributed by atoms with van der Waals surface area (Å²) in [6, 6.07) is 9.36. The van der Waals surface area contributed by atoms with Crippen LogP contribution in [0.5, 0.6) is 0 Å². The number of carbonyl (C=O) groups excluding carboxylic acids is 1. The van der Waals surface area contributed by atoms with Crippen molar-refractivity contribution in [2.75, 3.05) is 30.4 Å². The lowest BCUT2D eigenvalue weighted by Gasteiger charge is -2.23. The van der Waals surface area contributed by atoms with E-state index in [1.807, 2.05) is 30.3 Å². The summed E-state index contributed by atoms with van der Waals surface area (Å²) in [5.74, 6) is 0.0983. The van der Waals surface area contributed by atoms with Gasteiger partial charge in [0, 0.05) is 24.7 Å². The average Bonchev–Trinajstić information content (AvgIpc) is 2.91. The number of nitrogens with one attached hydrogen (secondary N) is 1. The van der Waals surface area contributed by atoms with Crippen LogP contribution in [0.4, 0.5) is 5.69 Å². The topological polar surface area (TPSA) is 79.4 Å². The van der Waals surface area contributed by atoms with Gasteiger partial charge in [-0.3, -0.25) is 9.78 Å². The Hall–Kier alpha value is -2.15. The summed E-state index contributed by atoms with van der Waals surface area (Å²) in [6.45, 7) is 0.114. The Bertz CT molecular complexity index is 830. The molecule has 1 unspecified atom stereocenters. The van der Waals surface area contributed by atoms with Crippen LogP contribution < -0.4 is 5.32 Å². The fourth-order valence-electron chi connectivity index (χ4n) is 2.83. The van der Waals surface area contributed by atoms with Crippen molar-refractivity contribution in [3.63, 3.8) is 0 Å². The number of aromatic nitrogens is 1. The predicted octanol–water partition coefficient (Wildman–Crippen LogP) is 1.29. The molecule has 0 radical (unpaired) electrons. The SMILES string of the molecule is CN(C(=O)CNc1cccc2cccnc12)C1CCS(=O)(=O)C1. The van der Waals surface area contributed by atoms with E-state index in [1.54, 1.807) is 13.2 Å². The molecule has 0 saturated carbocycles. The summed E-state index contributed by atoms with van der Waals surface area (Å²) in [4.78, 5) is 18.2. The number of pyridine rings is 1. The quantitative estimate of drug-likeness (QED) is 0.912. The molecule has 1 aromatic heterocycles. The zero-order valence-corrected chi connectivity index (χ0v) is 13.7. The van der Waals surface area contributed by atoms with Gasteiger partial charge in [0.1, 0.15) is 0 Å². The Balaban J connectivity index is 1.66. The Morgan fingerprint density at radius 3 is 2.87 bits per heavy atom. The smallest absolute Gasteiger partial charge is 0.241 e. The number of likely N-dealkylation sites (N-methyl/N-ethyl adjacent to an activating group) is 1. The molecule has 2 aromatic rings. The van der Waals surface area contributed by atoms with E-state index in [2.05, 4.69) is 10.3 Å². The Labute approximate surface area is 135 Å². The zero-order valence-electron chi connectivity index (χ0n) is 12.9. The first kappa shape index (κ1) is 15.7. The van der Waals surface area contributed by atoms with Gasteiger partial charge < -0.3 is 10.2 Å². The fraction of sp³-hybridized carbons (Fsp3) is 0.375. The van der Waals surface area contributed by atoms with Gasteiger partial charge in [0.05, 0.1) is 29.3 Å². The van der Waals surface area contributed by atoms with Gasteiger partial charge in [-0.05, 0) is 18.6 Å². The molecule has 23 heavy (non-hydrogen) atoms. The second kappa shape index (κ2) is 6.16. The first-order chi connectivity index (χ1) is 11.0. The highest BCUT2D eigenvalue weighted by molar-refractivity contribution is 7.91. The standard InChI is InChI=1S/C16H19N3O3S/c1-19(13-7-9-23(21,22)11-13)15(20)10-18-14-6-2-4-12-5-3-8-17-16(12)14/h2-6,8,13,18H,7,9-11H2,1H3. The molecular formula is C16H19N3O3S. The lowest BCUT2D eigenvalue weighted by molar-refractivity contribution is -0.129. The van der Waals surface area contributed by atoms with Crippen molar-refractivity contribution in [3.8, 4) is 0 Å². The summed E-state index contributed by atoms with van der Waals surface area (Å²) >= 11 is 0. The molecule has 1 atom stereocenters. The van der Waals surface area contributed by atoms with Crippen molar-refractivity contribution in [1.82, 2.24) is 9.88 Å². The molecule has 1 aliphatic heterocycles. The number of sulfone groups is 1. The van der Waals surface area contributed by atoms with Crippen LogP contribution >= 0.6 is 0 Å². The normalized spacial score (nSPS) is 19.6. The van der Waals surface area contributed by atoms with Crippen LogP contribution in [-0.2, 0) is 14.6 Å². The molecule has 1 amide bonds. The minimum atomic E-state index is -2.99. The Kier molecular flexibility index (Phi) is 4.21. The molecule has 1 fully saturated rings. The number of amides is 1. The van der Waals surface area contributed by atoms with Crippen molar-refractivity contribution in [1.29, 1.82) is 0 Å². The molecule has 0 aliphatic carbocycles. The predicted molar refractivity (Wildman–Crippen MR) is 90.1 cm³/mol. The number of hydrogen-bond acceptors (Lipinski definition) is 5. The molecule has 6 nitrogen and oxygen atoms in total. The molecule has 1 aromatic carbocycles. The van der Waals surface area contributed by atoms with Gasteiger partial charge in [-0.25, -0.2) is 8.42 Å². The number of anilines is 1. The van der Waals surface area contributed by atoms with E-state index < -0.39 is 9.84 Å². The van der Waals surface area contributed by atoms with Crippen LogP contribution in [0.3, 0.4) is 0 Å². The molecule has 122 valence electrons. The summed E-state index contributed by atoms with van der Waals surface area (Å²) in [7, 11) is -1.33. The monoisotopic (exact) mass is 333 g/mol. The van der Waals surface area contributed by atoms with Gasteiger partial charge in [-0.2, -0.15) is 0 Å². The third kappa shape index (κ3) is 3.44. The van der Waals surface area contributed by atoms with Crippen LogP contribution in [0.15, 0.2) is 36.5 Å². The number of benzene rings is 1. The Morgan fingerprint density at radius 1 is 1.35 bits per heavy atom. The summed E-state index contributed by atoms with van der Waals surface area (Å²) in [6.07, 6.45) is 2.23. The van der Waals surface area contributed by atoms with Crippen LogP contribution in [0.1, 0.15) is 6.42 Å². The molecule has 0 bridgehead atoms. The largest absolute Gasteiger partial charge is 0.374 e. The third-order valence-electron chi connectivity index (χ3n) is 4.21. The summed E-state index contributed by atoms with van der Waals surface area (Å²) in [5.41, 5.74) is 1.61. The van der Waals surface area contributed by atoms with Crippen LogP contribution in [0.25, 0.3) is 10.9 Å². The average molecular weight is 333 g/mol. The number of nitrogens with zero attached hydrogens (tertiary/aromatic N) is 2. The molecular weight excluding hydrogens is 314 g/mol. The maximum absolute atomic E-state index is 12.3. The van der Waals surface area contributed by atoms with Crippen LogP contribution in [0, 0.1) is 0 Å². The van der Waals surface area contributed by atoms with Crippen LogP contribution in [-0.4, -0.2) is 55.3 Å². The molecule has 7 heteroatoms. The van der Waals surface area contributed by atoms with Gasteiger partial charge in [-0.15, -0.1) is 0 Å². The first-order valence-electron chi connectivity index (χ1n) is 7.50. The maximum atomic E-state index is 12.3. The van der Waals surface area contributed by atoms with Crippen molar-refractivity contribution >= 4 is 32.3 Å². The third-order valence-corrected chi connectivity index (χ3v) is 5.96. The lowest BCUT2D eigenvalue weighted by atomic mass is 10.2. The minimum Gasteiger partial charge on any atom is -0.374 e. The van der Waals surface area contributed by atoms with Gasteiger partial charge in [0.15, 0.2) is 9.84 Å². The van der Waals surface area contributed by atoms with Crippen LogP contribution in [0.2, 0.25) is 0 Å². The van der Waals surface area contributed by atoms with E-state index in [-0.39, 0.29) is 30.0 Å². The lowest BCUT2D eigenvalue weighted by Crippen LogP contribution is -2.40. The van der Waals surface area contributed by atoms with Gasteiger partial charge in [0.25, 0.3) is 0 Å². The van der Waals surface area contributed by atoms with Crippen molar-refractivity contribution in [3.05, 3.63) is 36.5 Å². The summed E-state index contributed by atoms with van der Waals surface area (Å²) < 4.78 is 23.1. The highest BCUT2D eigenvalue weighted by Gasteiger charge is 2.32. The second-order valence-corrected chi connectivity index (χ2v) is 8.02. The second-order valence-electron chi connectivity index (χ2n) is 5.80. The molecule has 1 saturated heterocycles. The van der Waals surface area contributed by atoms with Gasteiger partial charge in [-0.1, -0.05) is 18.2 Å². The Morgan fingerprint density at radius 2 is 2.13 bits per heavy atom. The van der Waals surface area contributed by atoms with Crippen molar-refractivity contribution in [2.45, 2.75) is 12.5 Å². The van der Waals surface area contributed by atoms with Crippen molar-refractivity contribution < 1.29 is 13.2 Å². The maximum Gasteiger partial charge on any atom is 0.241 e. The highest BCUT2D eigenvalue weighted by atomic mass is 32.2.